The number of nitrogens with zero attached hydrogens (tertiary/aromatic N) is 2. The fraction of sp³-hybridized carbons (Fsp3) is 0.458. The van der Waals surface area contributed by atoms with E-state index in [1.54, 1.807) is 0 Å². The molecule has 1 N–H and O–H groups in total. The summed E-state index contributed by atoms with van der Waals surface area (Å²) in [6.45, 7) is 3.74. The van der Waals surface area contributed by atoms with Crippen molar-refractivity contribution in [3.8, 4) is 0 Å². The summed E-state index contributed by atoms with van der Waals surface area (Å²) in [4.78, 5) is 16.9. The van der Waals surface area contributed by atoms with Crippen LogP contribution in [0.1, 0.15) is 43.6 Å². The molecule has 4 rings (SSSR count). The third-order valence-electron chi connectivity index (χ3n) is 6.20. The van der Waals surface area contributed by atoms with Gasteiger partial charge >= 0.3 is 0 Å². The minimum absolute atomic E-state index is 0.0330. The molecular weight excluding hydrogens is 365 g/mol. The summed E-state index contributed by atoms with van der Waals surface area (Å²) in [5.74, 6) is 0.507. The van der Waals surface area contributed by atoms with E-state index in [4.69, 9.17) is 0 Å². The van der Waals surface area contributed by atoms with Gasteiger partial charge in [0, 0.05) is 37.6 Å². The van der Waals surface area contributed by atoms with E-state index in [2.05, 4.69) is 27.2 Å². The Balaban J connectivity index is 1.23. The molecule has 2 aromatic rings. The van der Waals surface area contributed by atoms with Crippen LogP contribution < -0.4 is 10.2 Å². The Morgan fingerprint density at radius 1 is 0.897 bits per heavy atom. The second kappa shape index (κ2) is 9.40. The first-order valence-corrected chi connectivity index (χ1v) is 10.8. The topological polar surface area (TPSA) is 35.6 Å². The van der Waals surface area contributed by atoms with Gasteiger partial charge in [0.1, 0.15) is 5.82 Å². The lowest BCUT2D eigenvalue weighted by Crippen LogP contribution is -2.48. The van der Waals surface area contributed by atoms with Crippen LogP contribution in [0.5, 0.6) is 0 Å². The number of anilines is 2. The van der Waals surface area contributed by atoms with Crippen molar-refractivity contribution in [2.75, 3.05) is 42.9 Å². The van der Waals surface area contributed by atoms with E-state index in [9.17, 15) is 9.18 Å². The molecule has 0 aromatic heterocycles. The van der Waals surface area contributed by atoms with Crippen molar-refractivity contribution in [1.82, 2.24) is 4.90 Å². The van der Waals surface area contributed by atoms with Gasteiger partial charge in [0.25, 0.3) is 0 Å². The van der Waals surface area contributed by atoms with Crippen LogP contribution in [-0.4, -0.2) is 43.5 Å². The van der Waals surface area contributed by atoms with Gasteiger partial charge in [-0.25, -0.2) is 4.39 Å². The predicted octanol–water partition coefficient (Wildman–Crippen LogP) is 4.63. The van der Waals surface area contributed by atoms with Crippen LogP contribution in [0.2, 0.25) is 0 Å². The zero-order chi connectivity index (χ0) is 20.1. The van der Waals surface area contributed by atoms with Gasteiger partial charge in [0.2, 0.25) is 5.91 Å². The number of halogens is 1. The first-order valence-electron chi connectivity index (χ1n) is 10.8. The predicted molar refractivity (Wildman–Crippen MR) is 116 cm³/mol. The SMILES string of the molecule is O=C(CN1CCN(c2ccc(F)cc2)CC1)Nc1ccc(C2CCCCC2)cc1. The highest BCUT2D eigenvalue weighted by atomic mass is 19.1. The number of benzene rings is 2. The summed E-state index contributed by atoms with van der Waals surface area (Å²) in [7, 11) is 0. The molecule has 2 aliphatic rings. The third kappa shape index (κ3) is 5.36. The molecule has 0 bridgehead atoms. The lowest BCUT2D eigenvalue weighted by atomic mass is 9.84. The molecule has 1 aliphatic heterocycles. The highest BCUT2D eigenvalue weighted by Crippen LogP contribution is 2.33. The third-order valence-corrected chi connectivity index (χ3v) is 6.20. The molecule has 0 radical (unpaired) electrons. The molecule has 1 aliphatic carbocycles. The molecule has 1 saturated heterocycles. The summed E-state index contributed by atoms with van der Waals surface area (Å²) >= 11 is 0. The average molecular weight is 396 g/mol. The molecule has 29 heavy (non-hydrogen) atoms. The van der Waals surface area contributed by atoms with E-state index in [1.165, 1.54) is 49.8 Å². The minimum Gasteiger partial charge on any atom is -0.369 e. The fourth-order valence-corrected chi connectivity index (χ4v) is 4.49. The molecule has 0 unspecified atom stereocenters. The van der Waals surface area contributed by atoms with Gasteiger partial charge in [0.05, 0.1) is 6.54 Å². The van der Waals surface area contributed by atoms with Crippen molar-refractivity contribution in [3.63, 3.8) is 0 Å². The Labute approximate surface area is 172 Å². The van der Waals surface area contributed by atoms with E-state index >= 15 is 0 Å². The van der Waals surface area contributed by atoms with Crippen molar-refractivity contribution < 1.29 is 9.18 Å². The number of amides is 1. The van der Waals surface area contributed by atoms with Crippen LogP contribution in [0.3, 0.4) is 0 Å². The molecule has 0 atom stereocenters. The zero-order valence-corrected chi connectivity index (χ0v) is 16.9. The van der Waals surface area contributed by atoms with E-state index in [0.717, 1.165) is 37.6 Å². The van der Waals surface area contributed by atoms with Gasteiger partial charge in [-0.05, 0) is 60.7 Å². The van der Waals surface area contributed by atoms with Crippen molar-refractivity contribution in [3.05, 3.63) is 59.9 Å². The van der Waals surface area contributed by atoms with Crippen molar-refractivity contribution in [1.29, 1.82) is 0 Å². The van der Waals surface area contributed by atoms with Gasteiger partial charge in [-0.3, -0.25) is 9.69 Å². The van der Waals surface area contributed by atoms with Gasteiger partial charge in [0.15, 0.2) is 0 Å². The van der Waals surface area contributed by atoms with Crippen LogP contribution in [0.25, 0.3) is 0 Å². The van der Waals surface area contributed by atoms with E-state index in [-0.39, 0.29) is 11.7 Å². The number of carbonyl (C=O) groups excluding carboxylic acids is 1. The normalized spacial score (nSPS) is 18.6. The summed E-state index contributed by atoms with van der Waals surface area (Å²) in [5, 5.41) is 3.03. The van der Waals surface area contributed by atoms with Crippen molar-refractivity contribution >= 4 is 17.3 Å². The molecular formula is C24H30FN3O. The van der Waals surface area contributed by atoms with E-state index < -0.39 is 0 Å². The molecule has 4 nitrogen and oxygen atoms in total. The summed E-state index contributed by atoms with van der Waals surface area (Å²) in [6.07, 6.45) is 6.60. The maximum Gasteiger partial charge on any atom is 0.238 e. The number of hydrogen-bond acceptors (Lipinski definition) is 3. The number of hydrogen-bond donors (Lipinski definition) is 1. The Morgan fingerprint density at radius 2 is 1.55 bits per heavy atom. The van der Waals surface area contributed by atoms with Crippen molar-refractivity contribution in [2.24, 2.45) is 0 Å². The monoisotopic (exact) mass is 395 g/mol. The largest absolute Gasteiger partial charge is 0.369 e. The molecule has 1 amide bonds. The molecule has 1 saturated carbocycles. The van der Waals surface area contributed by atoms with E-state index in [0.29, 0.717) is 12.5 Å². The highest BCUT2D eigenvalue weighted by Gasteiger charge is 2.20. The number of nitrogens with one attached hydrogen (secondary N) is 1. The summed E-state index contributed by atoms with van der Waals surface area (Å²) < 4.78 is 13.1. The molecule has 1 heterocycles. The second-order valence-corrected chi connectivity index (χ2v) is 8.24. The lowest BCUT2D eigenvalue weighted by molar-refractivity contribution is -0.117. The van der Waals surface area contributed by atoms with E-state index in [1.807, 2.05) is 24.3 Å². The van der Waals surface area contributed by atoms with Gasteiger partial charge in [-0.1, -0.05) is 31.4 Å². The first-order chi connectivity index (χ1) is 14.2. The maximum absolute atomic E-state index is 13.1. The van der Waals surface area contributed by atoms with Crippen LogP contribution in [-0.2, 0) is 4.79 Å². The Morgan fingerprint density at radius 3 is 2.21 bits per heavy atom. The van der Waals surface area contributed by atoms with Crippen LogP contribution >= 0.6 is 0 Å². The van der Waals surface area contributed by atoms with Crippen LogP contribution in [0.4, 0.5) is 15.8 Å². The van der Waals surface area contributed by atoms with Gasteiger partial charge < -0.3 is 10.2 Å². The summed E-state index contributed by atoms with van der Waals surface area (Å²) in [5.41, 5.74) is 3.31. The smallest absolute Gasteiger partial charge is 0.238 e. The Hall–Kier alpha value is -2.40. The standard InChI is InChI=1S/C24H30FN3O/c25-21-8-12-23(13-9-21)28-16-14-27(15-17-28)18-24(29)26-22-10-6-20(7-11-22)19-4-2-1-3-5-19/h6-13,19H,1-5,14-18H2,(H,26,29). The first kappa shape index (κ1) is 19.9. The molecule has 154 valence electrons. The van der Waals surface area contributed by atoms with Crippen LogP contribution in [0, 0.1) is 5.82 Å². The highest BCUT2D eigenvalue weighted by molar-refractivity contribution is 5.92. The Bertz CT molecular complexity index is 792. The quantitative estimate of drug-likeness (QED) is 0.801. The van der Waals surface area contributed by atoms with Gasteiger partial charge in [-0.2, -0.15) is 0 Å². The second-order valence-electron chi connectivity index (χ2n) is 8.24. The average Bonchev–Trinajstić information content (AvgIpc) is 2.76. The fourth-order valence-electron chi connectivity index (χ4n) is 4.49. The Kier molecular flexibility index (Phi) is 6.45. The minimum atomic E-state index is -0.212. The van der Waals surface area contributed by atoms with Crippen LogP contribution in [0.15, 0.2) is 48.5 Å². The lowest BCUT2D eigenvalue weighted by Gasteiger charge is -2.35. The maximum atomic E-state index is 13.1. The molecule has 0 spiro atoms. The molecule has 2 fully saturated rings. The van der Waals surface area contributed by atoms with Crippen molar-refractivity contribution in [2.45, 2.75) is 38.0 Å². The summed E-state index contributed by atoms with van der Waals surface area (Å²) in [6, 6.07) is 15.0. The number of piperazine rings is 1. The molecule has 5 heteroatoms. The number of rotatable bonds is 5. The number of carbonyl (C=O) groups is 1. The van der Waals surface area contributed by atoms with Gasteiger partial charge in [-0.15, -0.1) is 0 Å². The zero-order valence-electron chi connectivity index (χ0n) is 16.9. The molecule has 2 aromatic carbocycles.